The lowest BCUT2D eigenvalue weighted by Crippen LogP contribution is -2.43. The van der Waals surface area contributed by atoms with Gasteiger partial charge >= 0.3 is 0 Å². The lowest BCUT2D eigenvalue weighted by atomic mass is 10.1. The van der Waals surface area contributed by atoms with Crippen LogP contribution < -0.4 is 5.32 Å². The van der Waals surface area contributed by atoms with Gasteiger partial charge in [-0.3, -0.25) is 14.9 Å². The lowest BCUT2D eigenvalue weighted by Gasteiger charge is -2.23. The molecule has 0 aliphatic carbocycles. The van der Waals surface area contributed by atoms with Gasteiger partial charge in [-0.25, -0.2) is 0 Å². The Morgan fingerprint density at radius 1 is 1.25 bits per heavy atom. The molecule has 0 saturated carbocycles. The van der Waals surface area contributed by atoms with Crippen LogP contribution in [0.25, 0.3) is 0 Å². The number of carbonyl (C=O) groups is 2. The Morgan fingerprint density at radius 3 is 2.58 bits per heavy atom. The van der Waals surface area contributed by atoms with Gasteiger partial charge in [0.1, 0.15) is 11.0 Å². The molecular weight excluding hydrogens is 371 g/mol. The molecular formula is C15H14Cl2N4O2S. The zero-order valence-corrected chi connectivity index (χ0v) is 15.1. The summed E-state index contributed by atoms with van der Waals surface area (Å²) in [5.74, 6) is -0.518. The highest BCUT2D eigenvalue weighted by Gasteiger charge is 2.35. The molecule has 1 N–H and O–H groups in total. The number of amides is 2. The van der Waals surface area contributed by atoms with E-state index >= 15 is 0 Å². The normalized spacial score (nSPS) is 17.1. The maximum absolute atomic E-state index is 12.7. The highest BCUT2D eigenvalue weighted by atomic mass is 35.5. The van der Waals surface area contributed by atoms with Gasteiger partial charge in [0, 0.05) is 22.2 Å². The summed E-state index contributed by atoms with van der Waals surface area (Å²) in [5.41, 5.74) is 0.374. The molecule has 126 valence electrons. The minimum atomic E-state index is -0.542. The van der Waals surface area contributed by atoms with Gasteiger partial charge in [0.15, 0.2) is 0 Å². The summed E-state index contributed by atoms with van der Waals surface area (Å²) < 4.78 is 0. The molecule has 1 atom stereocenters. The third-order valence-electron chi connectivity index (χ3n) is 3.68. The highest BCUT2D eigenvalue weighted by molar-refractivity contribution is 7.15. The number of halogens is 2. The summed E-state index contributed by atoms with van der Waals surface area (Å²) in [6.07, 6.45) is 1.36. The first kappa shape index (κ1) is 17.1. The van der Waals surface area contributed by atoms with Gasteiger partial charge in [0.25, 0.3) is 5.91 Å². The molecule has 1 aromatic heterocycles. The molecule has 0 bridgehead atoms. The van der Waals surface area contributed by atoms with Crippen molar-refractivity contribution in [2.45, 2.75) is 25.8 Å². The molecule has 24 heavy (non-hydrogen) atoms. The summed E-state index contributed by atoms with van der Waals surface area (Å²) in [6.45, 7) is 2.32. The van der Waals surface area contributed by atoms with E-state index in [-0.39, 0.29) is 11.8 Å². The number of benzene rings is 1. The molecule has 0 spiro atoms. The first-order valence-electron chi connectivity index (χ1n) is 7.32. The van der Waals surface area contributed by atoms with Crippen LogP contribution >= 0.6 is 34.5 Å². The zero-order chi connectivity index (χ0) is 17.3. The largest absolute Gasteiger partial charge is 0.327 e. The number of likely N-dealkylation sites (tertiary alicyclic amines) is 1. The van der Waals surface area contributed by atoms with E-state index in [0.29, 0.717) is 33.7 Å². The minimum absolute atomic E-state index is 0.259. The molecule has 2 amide bonds. The van der Waals surface area contributed by atoms with E-state index in [1.807, 2.05) is 6.92 Å². The van der Waals surface area contributed by atoms with Crippen molar-refractivity contribution in [3.8, 4) is 0 Å². The Labute approximate surface area is 152 Å². The molecule has 1 saturated heterocycles. The van der Waals surface area contributed by atoms with Crippen molar-refractivity contribution in [3.63, 3.8) is 0 Å². The summed E-state index contributed by atoms with van der Waals surface area (Å²) in [5, 5.41) is 12.4. The zero-order valence-electron chi connectivity index (χ0n) is 12.8. The van der Waals surface area contributed by atoms with Crippen LogP contribution in [0, 0.1) is 6.92 Å². The quantitative estimate of drug-likeness (QED) is 0.879. The predicted molar refractivity (Wildman–Crippen MR) is 93.8 cm³/mol. The fourth-order valence-corrected chi connectivity index (χ4v) is 3.78. The number of nitrogens with zero attached hydrogens (tertiary/aromatic N) is 3. The van der Waals surface area contributed by atoms with Gasteiger partial charge in [-0.2, -0.15) is 0 Å². The van der Waals surface area contributed by atoms with Gasteiger partial charge in [-0.15, -0.1) is 10.2 Å². The van der Waals surface area contributed by atoms with E-state index in [9.17, 15) is 9.59 Å². The molecule has 3 rings (SSSR count). The number of rotatable bonds is 3. The van der Waals surface area contributed by atoms with Crippen LogP contribution in [0.4, 0.5) is 5.13 Å². The van der Waals surface area contributed by atoms with E-state index in [2.05, 4.69) is 15.5 Å². The van der Waals surface area contributed by atoms with Crippen molar-refractivity contribution in [3.05, 3.63) is 38.8 Å². The lowest BCUT2D eigenvalue weighted by molar-refractivity contribution is -0.119. The maximum Gasteiger partial charge on any atom is 0.254 e. The second kappa shape index (κ2) is 7.04. The van der Waals surface area contributed by atoms with Crippen LogP contribution in [0.5, 0.6) is 0 Å². The summed E-state index contributed by atoms with van der Waals surface area (Å²) >= 11 is 13.2. The summed E-state index contributed by atoms with van der Waals surface area (Å²) in [6, 6.07) is 4.12. The van der Waals surface area contributed by atoms with Crippen molar-refractivity contribution >= 4 is 51.5 Å². The van der Waals surface area contributed by atoms with Gasteiger partial charge in [0.2, 0.25) is 11.0 Å². The Hall–Kier alpha value is -1.70. The van der Waals surface area contributed by atoms with E-state index in [4.69, 9.17) is 23.2 Å². The first-order chi connectivity index (χ1) is 11.4. The molecule has 2 aromatic rings. The fraction of sp³-hybridized carbons (Fsp3) is 0.333. The van der Waals surface area contributed by atoms with Crippen LogP contribution in [0.15, 0.2) is 18.2 Å². The molecule has 0 radical (unpaired) electrons. The van der Waals surface area contributed by atoms with Crippen molar-refractivity contribution in [1.29, 1.82) is 0 Å². The summed E-state index contributed by atoms with van der Waals surface area (Å²) in [4.78, 5) is 26.8. The van der Waals surface area contributed by atoms with E-state index in [1.54, 1.807) is 23.1 Å². The molecule has 6 nitrogen and oxygen atoms in total. The van der Waals surface area contributed by atoms with Crippen LogP contribution in [0.3, 0.4) is 0 Å². The Bertz CT molecular complexity index is 775. The SMILES string of the molecule is Cc1nnc(NC(=O)C2CCCN2C(=O)c2cc(Cl)cc(Cl)c2)s1. The van der Waals surface area contributed by atoms with Gasteiger partial charge < -0.3 is 4.90 Å². The van der Waals surface area contributed by atoms with Gasteiger partial charge in [-0.1, -0.05) is 34.5 Å². The number of aryl methyl sites for hydroxylation is 1. The minimum Gasteiger partial charge on any atom is -0.327 e. The first-order valence-corrected chi connectivity index (χ1v) is 8.89. The molecule has 2 heterocycles. The molecule has 1 aliphatic rings. The Morgan fingerprint density at radius 2 is 1.96 bits per heavy atom. The highest BCUT2D eigenvalue weighted by Crippen LogP contribution is 2.25. The molecule has 1 aromatic carbocycles. The van der Waals surface area contributed by atoms with Crippen LogP contribution in [0.1, 0.15) is 28.2 Å². The molecule has 9 heteroatoms. The Balaban J connectivity index is 1.77. The average molecular weight is 385 g/mol. The van der Waals surface area contributed by atoms with E-state index in [1.165, 1.54) is 11.3 Å². The predicted octanol–water partition coefficient (Wildman–Crippen LogP) is 3.40. The van der Waals surface area contributed by atoms with Gasteiger partial charge in [-0.05, 0) is 38.0 Å². The topological polar surface area (TPSA) is 75.2 Å². The number of carbonyl (C=O) groups excluding carboxylic acids is 2. The monoisotopic (exact) mass is 384 g/mol. The summed E-state index contributed by atoms with van der Waals surface area (Å²) in [7, 11) is 0. The fourth-order valence-electron chi connectivity index (χ4n) is 2.66. The van der Waals surface area contributed by atoms with Crippen molar-refractivity contribution in [2.24, 2.45) is 0 Å². The van der Waals surface area contributed by atoms with Crippen LogP contribution in [-0.4, -0.2) is 39.5 Å². The van der Waals surface area contributed by atoms with Gasteiger partial charge in [0.05, 0.1) is 0 Å². The van der Waals surface area contributed by atoms with E-state index < -0.39 is 6.04 Å². The number of aromatic nitrogens is 2. The second-order valence-corrected chi connectivity index (χ2v) is 7.48. The molecule has 1 aliphatic heterocycles. The third kappa shape index (κ3) is 3.68. The van der Waals surface area contributed by atoms with Crippen molar-refractivity contribution in [2.75, 3.05) is 11.9 Å². The number of hydrogen-bond acceptors (Lipinski definition) is 5. The third-order valence-corrected chi connectivity index (χ3v) is 4.87. The molecule has 1 unspecified atom stereocenters. The molecule has 1 fully saturated rings. The van der Waals surface area contributed by atoms with Crippen LogP contribution in [-0.2, 0) is 4.79 Å². The number of nitrogens with one attached hydrogen (secondary N) is 1. The smallest absolute Gasteiger partial charge is 0.254 e. The van der Waals surface area contributed by atoms with E-state index in [0.717, 1.165) is 11.4 Å². The average Bonchev–Trinajstić information content (AvgIpc) is 3.14. The maximum atomic E-state index is 12.7. The number of hydrogen-bond donors (Lipinski definition) is 1. The standard InChI is InChI=1S/C15H14Cl2N4O2S/c1-8-19-20-15(24-8)18-13(22)12-3-2-4-21(12)14(23)9-5-10(16)7-11(17)6-9/h5-7,12H,2-4H2,1H3,(H,18,20,22). The van der Waals surface area contributed by atoms with Crippen molar-refractivity contribution < 1.29 is 9.59 Å². The number of anilines is 1. The second-order valence-electron chi connectivity index (χ2n) is 5.43. The van der Waals surface area contributed by atoms with Crippen molar-refractivity contribution in [1.82, 2.24) is 15.1 Å². The Kier molecular flexibility index (Phi) is 5.03. The van der Waals surface area contributed by atoms with Crippen LogP contribution in [0.2, 0.25) is 10.0 Å².